The summed E-state index contributed by atoms with van der Waals surface area (Å²) in [6, 6.07) is 6.72. The molecule has 1 aliphatic heterocycles. The maximum absolute atomic E-state index is 12.4. The molecule has 35 heavy (non-hydrogen) atoms. The number of aryl methyl sites for hydroxylation is 1. The molecule has 1 saturated carbocycles. The summed E-state index contributed by atoms with van der Waals surface area (Å²) in [5, 5.41) is 12.9. The van der Waals surface area contributed by atoms with E-state index in [4.69, 9.17) is 0 Å². The predicted molar refractivity (Wildman–Crippen MR) is 126 cm³/mol. The van der Waals surface area contributed by atoms with Crippen molar-refractivity contribution in [1.29, 1.82) is 0 Å². The molecule has 1 fully saturated rings. The van der Waals surface area contributed by atoms with Crippen molar-refractivity contribution in [2.75, 3.05) is 6.54 Å². The van der Waals surface area contributed by atoms with Crippen LogP contribution in [0, 0.1) is 0 Å². The summed E-state index contributed by atoms with van der Waals surface area (Å²) < 4.78 is 34.1. The third-order valence-corrected chi connectivity index (χ3v) is 7.50. The van der Waals surface area contributed by atoms with Crippen molar-refractivity contribution >= 4 is 5.91 Å². The Balaban J connectivity index is 0.000000431. The molecule has 190 valence electrons. The average Bonchev–Trinajstić information content (AvgIpc) is 3.31. The van der Waals surface area contributed by atoms with E-state index < -0.39 is 29.8 Å². The van der Waals surface area contributed by atoms with E-state index >= 15 is 0 Å². The van der Waals surface area contributed by atoms with Crippen molar-refractivity contribution in [1.82, 2.24) is 14.9 Å². The van der Waals surface area contributed by atoms with E-state index in [1.165, 1.54) is 42.4 Å². The van der Waals surface area contributed by atoms with Gasteiger partial charge in [-0.1, -0.05) is 38.0 Å². The summed E-state index contributed by atoms with van der Waals surface area (Å²) in [6.07, 6.45) is 5.17. The van der Waals surface area contributed by atoms with E-state index in [1.807, 2.05) is 0 Å². The zero-order valence-electron chi connectivity index (χ0n) is 20.0. The van der Waals surface area contributed by atoms with Crippen LogP contribution in [0.3, 0.4) is 0 Å². The van der Waals surface area contributed by atoms with Gasteiger partial charge >= 0.3 is 11.7 Å². The lowest BCUT2D eigenvalue weighted by Gasteiger charge is -2.35. The third-order valence-electron chi connectivity index (χ3n) is 7.50. The van der Waals surface area contributed by atoms with Gasteiger partial charge in [0.05, 0.1) is 0 Å². The largest absolute Gasteiger partial charge is 0.501 e. The van der Waals surface area contributed by atoms with E-state index in [2.05, 4.69) is 28.5 Å². The van der Waals surface area contributed by atoms with Crippen molar-refractivity contribution in [3.05, 3.63) is 56.8 Å². The van der Waals surface area contributed by atoms with E-state index in [0.29, 0.717) is 25.3 Å². The second-order valence-corrected chi connectivity index (χ2v) is 9.72. The van der Waals surface area contributed by atoms with Crippen LogP contribution in [-0.4, -0.2) is 33.3 Å². The Bertz CT molecular complexity index is 1150. The Labute approximate surface area is 202 Å². The number of fused-ring (bicyclic) bond motifs is 2. The Morgan fingerprint density at radius 3 is 2.49 bits per heavy atom. The number of aromatic nitrogens is 2. The van der Waals surface area contributed by atoms with Crippen LogP contribution in [0.5, 0.6) is 5.75 Å². The smallest absolute Gasteiger partial charge is 0.388 e. The van der Waals surface area contributed by atoms with Crippen LogP contribution in [0.1, 0.15) is 84.9 Å². The van der Waals surface area contributed by atoms with E-state index in [1.54, 1.807) is 4.57 Å². The van der Waals surface area contributed by atoms with Gasteiger partial charge in [-0.25, -0.2) is 0 Å². The first kappa shape index (κ1) is 25.3. The molecule has 2 aliphatic carbocycles. The number of nitrogens with one attached hydrogen (secondary N) is 1. The number of alkyl halides is 3. The minimum Gasteiger partial charge on any atom is -0.501 e. The molecular formula is C26H32F3N3O3. The molecule has 3 aliphatic rings. The molecule has 0 spiro atoms. The van der Waals surface area contributed by atoms with Crippen molar-refractivity contribution in [3.63, 3.8) is 0 Å². The highest BCUT2D eigenvalue weighted by Gasteiger charge is 2.40. The average molecular weight is 492 g/mol. The number of aromatic hydroxyl groups is 1. The number of benzene rings is 1. The van der Waals surface area contributed by atoms with E-state index in [-0.39, 0.29) is 11.1 Å². The van der Waals surface area contributed by atoms with Gasteiger partial charge in [0.15, 0.2) is 5.69 Å². The van der Waals surface area contributed by atoms with Crippen molar-refractivity contribution in [3.8, 4) is 5.75 Å². The monoisotopic (exact) mass is 491 g/mol. The molecule has 0 radical (unpaired) electrons. The fourth-order valence-corrected chi connectivity index (χ4v) is 5.73. The number of carbonyl (C=O) groups excluding carboxylic acids is 1. The molecule has 1 amide bonds. The van der Waals surface area contributed by atoms with Gasteiger partial charge in [-0.05, 0) is 55.2 Å². The summed E-state index contributed by atoms with van der Waals surface area (Å²) in [7, 11) is 0. The SMILES string of the molecule is CCC(F)(F)F.O=C1NCCn2c(CC3(c4cccc5c4CCCC5)CCCC3)nc(=O)c(O)c21. The number of amides is 1. The Kier molecular flexibility index (Phi) is 7.24. The lowest BCUT2D eigenvalue weighted by atomic mass is 9.71. The first-order valence-corrected chi connectivity index (χ1v) is 12.4. The molecule has 6 nitrogen and oxygen atoms in total. The molecule has 2 aromatic rings. The molecule has 2 N–H and O–H groups in total. The Morgan fingerprint density at radius 2 is 1.80 bits per heavy atom. The van der Waals surface area contributed by atoms with E-state index in [9.17, 15) is 27.9 Å². The predicted octanol–water partition coefficient (Wildman–Crippen LogP) is 4.58. The summed E-state index contributed by atoms with van der Waals surface area (Å²) in [5.41, 5.74) is 3.70. The number of hydrogen-bond donors (Lipinski definition) is 2. The first-order chi connectivity index (χ1) is 16.6. The van der Waals surface area contributed by atoms with Crippen LogP contribution in [0.25, 0.3) is 0 Å². The second kappa shape index (κ2) is 10.0. The summed E-state index contributed by atoms with van der Waals surface area (Å²) in [4.78, 5) is 28.9. The maximum Gasteiger partial charge on any atom is 0.388 e. The van der Waals surface area contributed by atoms with Crippen LogP contribution in [0.2, 0.25) is 0 Å². The molecule has 2 heterocycles. The molecule has 9 heteroatoms. The number of halogens is 3. The van der Waals surface area contributed by atoms with Crippen LogP contribution >= 0.6 is 0 Å². The molecule has 0 unspecified atom stereocenters. The van der Waals surface area contributed by atoms with Gasteiger partial charge in [0, 0.05) is 31.3 Å². The zero-order chi connectivity index (χ0) is 25.2. The Morgan fingerprint density at radius 1 is 1.11 bits per heavy atom. The lowest BCUT2D eigenvalue weighted by molar-refractivity contribution is -0.130. The van der Waals surface area contributed by atoms with Gasteiger partial charge in [0.2, 0.25) is 5.75 Å². The van der Waals surface area contributed by atoms with Gasteiger partial charge < -0.3 is 15.0 Å². The first-order valence-electron chi connectivity index (χ1n) is 12.4. The van der Waals surface area contributed by atoms with Crippen LogP contribution in [0.15, 0.2) is 23.0 Å². The second-order valence-electron chi connectivity index (χ2n) is 9.72. The Hall–Kier alpha value is -2.84. The fraction of sp³-hybridized carbons (Fsp3) is 0.577. The quantitative estimate of drug-likeness (QED) is 0.658. The molecule has 0 bridgehead atoms. The fourth-order valence-electron chi connectivity index (χ4n) is 5.73. The molecular weight excluding hydrogens is 459 g/mol. The number of nitrogens with zero attached hydrogens (tertiary/aromatic N) is 2. The van der Waals surface area contributed by atoms with E-state index in [0.717, 1.165) is 32.6 Å². The van der Waals surface area contributed by atoms with Crippen molar-refractivity contribution in [2.45, 2.75) is 89.3 Å². The highest BCUT2D eigenvalue weighted by Crippen LogP contribution is 2.46. The van der Waals surface area contributed by atoms with Gasteiger partial charge in [-0.3, -0.25) is 9.59 Å². The van der Waals surface area contributed by atoms with Crippen molar-refractivity contribution in [2.24, 2.45) is 0 Å². The third kappa shape index (κ3) is 5.23. The van der Waals surface area contributed by atoms with Gasteiger partial charge in [-0.2, -0.15) is 18.2 Å². The minimum atomic E-state index is -3.96. The molecule has 5 rings (SSSR count). The molecule has 0 saturated heterocycles. The van der Waals surface area contributed by atoms with Gasteiger partial charge in [0.1, 0.15) is 5.82 Å². The number of carbonyl (C=O) groups is 1. The lowest BCUT2D eigenvalue weighted by Crippen LogP contribution is -2.41. The maximum atomic E-state index is 12.4. The normalized spacial score (nSPS) is 18.7. The van der Waals surface area contributed by atoms with Crippen LogP contribution < -0.4 is 10.9 Å². The van der Waals surface area contributed by atoms with Crippen molar-refractivity contribution < 1.29 is 23.1 Å². The number of hydrogen-bond acceptors (Lipinski definition) is 4. The number of rotatable bonds is 3. The summed E-state index contributed by atoms with van der Waals surface area (Å²) in [5.74, 6) is -0.302. The minimum absolute atomic E-state index is 0.0478. The van der Waals surface area contributed by atoms with Crippen LogP contribution in [-0.2, 0) is 31.2 Å². The summed E-state index contributed by atoms with van der Waals surface area (Å²) >= 11 is 0. The molecule has 1 aromatic heterocycles. The van der Waals surface area contributed by atoms with Gasteiger partial charge in [0.25, 0.3) is 5.91 Å². The summed E-state index contributed by atoms with van der Waals surface area (Å²) in [6.45, 7) is 2.09. The zero-order valence-corrected chi connectivity index (χ0v) is 20.0. The standard InChI is InChI=1S/C23H27N3O3.C3H5F3/c27-20-19-21(28)24-12-13-26(19)18(25-22(20)29)14-23(10-3-4-11-23)17-9-5-7-15-6-1-2-8-16(15)17;1-2-3(4,5)6/h5,7,9,27H,1-4,6,8,10-14H2,(H,24,28);2H2,1H3. The highest BCUT2D eigenvalue weighted by molar-refractivity contribution is 5.95. The topological polar surface area (TPSA) is 84.2 Å². The molecule has 1 aromatic carbocycles. The molecule has 0 atom stereocenters. The van der Waals surface area contributed by atoms with Crippen LogP contribution in [0.4, 0.5) is 13.2 Å². The highest BCUT2D eigenvalue weighted by atomic mass is 19.4. The van der Waals surface area contributed by atoms with Gasteiger partial charge in [-0.15, -0.1) is 0 Å².